The number of ether oxygens (including phenoxy) is 2. The number of aromatic nitrogens is 1. The maximum absolute atomic E-state index is 13.1. The summed E-state index contributed by atoms with van der Waals surface area (Å²) < 4.78 is 50.1. The number of halogens is 3. The van der Waals surface area contributed by atoms with Crippen LogP contribution in [-0.4, -0.2) is 48.2 Å². The molecule has 0 aliphatic carbocycles. The van der Waals surface area contributed by atoms with E-state index in [1.54, 1.807) is 6.20 Å². The zero-order valence-electron chi connectivity index (χ0n) is 17.9. The summed E-state index contributed by atoms with van der Waals surface area (Å²) in [6, 6.07) is 10.7. The number of ketones is 1. The largest absolute Gasteiger partial charge is 0.466 e. The molecular formula is C23H25F3N2O4. The van der Waals surface area contributed by atoms with Crippen molar-refractivity contribution in [3.05, 3.63) is 77.8 Å². The fraction of sp³-hybridized carbons (Fsp3) is 0.304. The summed E-state index contributed by atoms with van der Waals surface area (Å²) in [7, 11) is 2.68. The Kier molecular flexibility index (Phi) is 8.83. The molecule has 0 aliphatic rings. The zero-order chi connectivity index (χ0) is 23.7. The lowest BCUT2D eigenvalue weighted by atomic mass is 10.1. The molecule has 172 valence electrons. The third kappa shape index (κ3) is 6.58. The van der Waals surface area contributed by atoms with Gasteiger partial charge in [-0.15, -0.1) is 0 Å². The molecule has 2 rings (SSSR count). The van der Waals surface area contributed by atoms with E-state index in [9.17, 15) is 22.8 Å². The summed E-state index contributed by atoms with van der Waals surface area (Å²) in [6.07, 6.45) is -0.723. The van der Waals surface area contributed by atoms with Gasteiger partial charge >= 0.3 is 12.1 Å². The SMILES string of the molecule is C=Cn1c(C(=O)C(F)(F)F)cc(COC)c1CCN(C=CC(=O)OC)Cc1ccccc1. The van der Waals surface area contributed by atoms with Crippen LogP contribution in [0.1, 0.15) is 27.3 Å². The summed E-state index contributed by atoms with van der Waals surface area (Å²) in [5.41, 5.74) is 1.39. The molecule has 0 fully saturated rings. The number of rotatable bonds is 11. The van der Waals surface area contributed by atoms with Gasteiger partial charge in [0.2, 0.25) is 0 Å². The van der Waals surface area contributed by atoms with Crippen LogP contribution >= 0.6 is 0 Å². The first-order valence-electron chi connectivity index (χ1n) is 9.71. The first-order valence-corrected chi connectivity index (χ1v) is 9.71. The van der Waals surface area contributed by atoms with Crippen molar-refractivity contribution in [1.29, 1.82) is 0 Å². The van der Waals surface area contributed by atoms with Gasteiger partial charge in [0.25, 0.3) is 5.78 Å². The van der Waals surface area contributed by atoms with E-state index in [0.717, 1.165) is 10.1 Å². The highest BCUT2D eigenvalue weighted by atomic mass is 19.4. The molecule has 9 heteroatoms. The first kappa shape index (κ1) is 24.9. The monoisotopic (exact) mass is 450 g/mol. The van der Waals surface area contributed by atoms with Crippen molar-refractivity contribution in [2.45, 2.75) is 25.7 Å². The summed E-state index contributed by atoms with van der Waals surface area (Å²) >= 11 is 0. The fourth-order valence-corrected chi connectivity index (χ4v) is 3.22. The van der Waals surface area contributed by atoms with E-state index < -0.39 is 23.6 Å². The number of hydrogen-bond donors (Lipinski definition) is 0. The number of benzene rings is 1. The molecule has 0 amide bonds. The average molecular weight is 450 g/mol. The number of hydrogen-bond acceptors (Lipinski definition) is 5. The van der Waals surface area contributed by atoms with Gasteiger partial charge in [0, 0.05) is 50.8 Å². The summed E-state index contributed by atoms with van der Waals surface area (Å²) in [4.78, 5) is 25.3. The van der Waals surface area contributed by atoms with Crippen molar-refractivity contribution in [1.82, 2.24) is 9.47 Å². The maximum Gasteiger partial charge on any atom is 0.456 e. The van der Waals surface area contributed by atoms with Gasteiger partial charge in [-0.05, 0) is 17.2 Å². The number of alkyl halides is 3. The molecule has 0 atom stereocenters. The van der Waals surface area contributed by atoms with E-state index >= 15 is 0 Å². The Bertz CT molecular complexity index is 966. The number of carbonyl (C=O) groups excluding carboxylic acids is 2. The molecule has 1 aromatic heterocycles. The van der Waals surface area contributed by atoms with Crippen LogP contribution in [0, 0.1) is 0 Å². The molecule has 0 spiro atoms. The van der Waals surface area contributed by atoms with Crippen LogP contribution in [0.5, 0.6) is 0 Å². The van der Waals surface area contributed by atoms with Gasteiger partial charge in [0.15, 0.2) is 0 Å². The molecule has 2 aromatic rings. The van der Waals surface area contributed by atoms with Crippen molar-refractivity contribution in [3.8, 4) is 0 Å². The van der Waals surface area contributed by atoms with E-state index in [0.29, 0.717) is 24.3 Å². The number of carbonyl (C=O) groups is 2. The Labute approximate surface area is 184 Å². The van der Waals surface area contributed by atoms with Crippen LogP contribution in [0.15, 0.2) is 55.3 Å². The minimum Gasteiger partial charge on any atom is -0.466 e. The van der Waals surface area contributed by atoms with Gasteiger partial charge in [-0.2, -0.15) is 13.2 Å². The molecule has 32 heavy (non-hydrogen) atoms. The van der Waals surface area contributed by atoms with Crippen molar-refractivity contribution < 1.29 is 32.2 Å². The molecule has 0 saturated carbocycles. The standard InChI is InChI=1S/C23H25F3N2O4/c1-4-28-19(18(16-31-2)14-20(28)22(30)23(24,25)26)10-12-27(13-11-21(29)32-3)15-17-8-6-5-7-9-17/h4-9,11,13-14H,1,10,12,15-16H2,2-3H3. The highest BCUT2D eigenvalue weighted by Crippen LogP contribution is 2.26. The molecule has 1 aromatic carbocycles. The van der Waals surface area contributed by atoms with E-state index in [2.05, 4.69) is 11.3 Å². The third-order valence-electron chi connectivity index (χ3n) is 4.69. The lowest BCUT2D eigenvalue weighted by Crippen LogP contribution is -2.25. The highest BCUT2D eigenvalue weighted by Gasteiger charge is 2.41. The molecule has 1 heterocycles. The normalized spacial score (nSPS) is 11.5. The molecule has 6 nitrogen and oxygen atoms in total. The van der Waals surface area contributed by atoms with Gasteiger partial charge in [-0.1, -0.05) is 36.9 Å². The topological polar surface area (TPSA) is 60.8 Å². The minimum atomic E-state index is -5.01. The number of Topliss-reactive ketones (excluding diaryl/α,β-unsaturated/α-hetero) is 1. The smallest absolute Gasteiger partial charge is 0.456 e. The zero-order valence-corrected chi connectivity index (χ0v) is 17.9. The Morgan fingerprint density at radius 2 is 1.88 bits per heavy atom. The highest BCUT2D eigenvalue weighted by molar-refractivity contribution is 6.00. The molecule has 0 aliphatic heterocycles. The molecule has 0 N–H and O–H groups in total. The molecule has 0 saturated heterocycles. The minimum absolute atomic E-state index is 0.0327. The summed E-state index contributed by atoms with van der Waals surface area (Å²) in [5, 5.41) is 0. The number of esters is 1. The Balaban J connectivity index is 2.34. The van der Waals surface area contributed by atoms with Crippen LogP contribution in [-0.2, 0) is 33.8 Å². The first-order chi connectivity index (χ1) is 15.2. The third-order valence-corrected chi connectivity index (χ3v) is 4.69. The lowest BCUT2D eigenvalue weighted by Gasteiger charge is -2.21. The second-order valence-electron chi connectivity index (χ2n) is 6.86. The molecular weight excluding hydrogens is 425 g/mol. The summed E-state index contributed by atoms with van der Waals surface area (Å²) in [6.45, 7) is 4.40. The van der Waals surface area contributed by atoms with Gasteiger partial charge in [-0.3, -0.25) is 4.79 Å². The van der Waals surface area contributed by atoms with Crippen molar-refractivity contribution in [2.24, 2.45) is 0 Å². The van der Waals surface area contributed by atoms with Crippen LogP contribution < -0.4 is 0 Å². The maximum atomic E-state index is 13.1. The van der Waals surface area contributed by atoms with E-state index in [-0.39, 0.29) is 13.0 Å². The van der Waals surface area contributed by atoms with Gasteiger partial charge in [-0.25, -0.2) is 4.79 Å². The van der Waals surface area contributed by atoms with Crippen LogP contribution in [0.4, 0.5) is 13.2 Å². The van der Waals surface area contributed by atoms with Gasteiger partial charge in [0.05, 0.1) is 19.4 Å². The van der Waals surface area contributed by atoms with Crippen LogP contribution in [0.2, 0.25) is 0 Å². The quantitative estimate of drug-likeness (QED) is 0.292. The Hall–Kier alpha value is -3.33. The fourth-order valence-electron chi connectivity index (χ4n) is 3.22. The lowest BCUT2D eigenvalue weighted by molar-refractivity contribution is -0.134. The average Bonchev–Trinajstić information content (AvgIpc) is 3.12. The number of nitrogens with zero attached hydrogens (tertiary/aromatic N) is 2. The summed E-state index contributed by atoms with van der Waals surface area (Å²) in [5.74, 6) is -2.48. The van der Waals surface area contributed by atoms with Crippen LogP contribution in [0.3, 0.4) is 0 Å². The molecule has 0 radical (unpaired) electrons. The second-order valence-corrected chi connectivity index (χ2v) is 6.86. The van der Waals surface area contributed by atoms with Crippen molar-refractivity contribution in [2.75, 3.05) is 20.8 Å². The number of methoxy groups -OCH3 is 2. The molecule has 0 bridgehead atoms. The van der Waals surface area contributed by atoms with Gasteiger partial charge in [0.1, 0.15) is 0 Å². The van der Waals surface area contributed by atoms with E-state index in [1.807, 2.05) is 35.2 Å². The van der Waals surface area contributed by atoms with Crippen molar-refractivity contribution in [3.63, 3.8) is 0 Å². The second kappa shape index (κ2) is 11.3. The van der Waals surface area contributed by atoms with Crippen molar-refractivity contribution >= 4 is 18.0 Å². The van der Waals surface area contributed by atoms with Gasteiger partial charge < -0.3 is 18.9 Å². The predicted octanol–water partition coefficient (Wildman–Crippen LogP) is 4.21. The Morgan fingerprint density at radius 1 is 1.19 bits per heavy atom. The predicted molar refractivity (Wildman–Crippen MR) is 114 cm³/mol. The van der Waals surface area contributed by atoms with E-state index in [1.165, 1.54) is 32.6 Å². The van der Waals surface area contributed by atoms with Crippen LogP contribution in [0.25, 0.3) is 6.20 Å². The Morgan fingerprint density at radius 3 is 2.44 bits per heavy atom. The molecule has 0 unspecified atom stereocenters. The van der Waals surface area contributed by atoms with E-state index in [4.69, 9.17) is 4.74 Å².